The number of fused-ring (bicyclic) bond motifs is 1. The second kappa shape index (κ2) is 8.90. The molecular weight excluding hydrogens is 410 g/mol. The summed E-state index contributed by atoms with van der Waals surface area (Å²) >= 11 is 0. The molecule has 1 atom stereocenters. The highest BCUT2D eigenvalue weighted by Gasteiger charge is 2.27. The van der Waals surface area contributed by atoms with Gasteiger partial charge in [-0.1, -0.05) is 18.2 Å². The van der Waals surface area contributed by atoms with Gasteiger partial charge < -0.3 is 9.64 Å². The quantitative estimate of drug-likeness (QED) is 0.744. The van der Waals surface area contributed by atoms with E-state index in [9.17, 15) is 8.42 Å². The number of likely N-dealkylation sites (N-methyl/N-ethyl adjacent to an activating group) is 1. The Hall–Kier alpha value is -1.93. The Morgan fingerprint density at radius 1 is 1.00 bits per heavy atom. The van der Waals surface area contributed by atoms with Crippen LogP contribution in [0.5, 0.6) is 0 Å². The number of anilines is 1. The van der Waals surface area contributed by atoms with Gasteiger partial charge in [0.05, 0.1) is 18.1 Å². The largest absolute Gasteiger partial charge is 0.379 e. The highest BCUT2D eigenvalue weighted by Crippen LogP contribution is 2.31. The fourth-order valence-electron chi connectivity index (χ4n) is 4.63. The van der Waals surface area contributed by atoms with E-state index in [-0.39, 0.29) is 6.04 Å². The monoisotopic (exact) mass is 443 g/mol. The summed E-state index contributed by atoms with van der Waals surface area (Å²) in [5.41, 5.74) is 6.64. The molecule has 1 N–H and O–H groups in total. The minimum Gasteiger partial charge on any atom is -0.379 e. The predicted molar refractivity (Wildman–Crippen MR) is 124 cm³/mol. The third-order valence-electron chi connectivity index (χ3n) is 6.65. The molecule has 0 saturated carbocycles. The van der Waals surface area contributed by atoms with Crippen LogP contribution in [0.3, 0.4) is 0 Å². The molecule has 4 rings (SSSR count). The van der Waals surface area contributed by atoms with E-state index in [1.54, 1.807) is 6.07 Å². The number of sulfonamides is 1. The van der Waals surface area contributed by atoms with Gasteiger partial charge in [-0.25, -0.2) is 13.1 Å². The lowest BCUT2D eigenvalue weighted by Crippen LogP contribution is -2.43. The van der Waals surface area contributed by atoms with Gasteiger partial charge >= 0.3 is 0 Å². The number of benzene rings is 2. The van der Waals surface area contributed by atoms with Crippen molar-refractivity contribution in [1.29, 1.82) is 0 Å². The second-order valence-corrected chi connectivity index (χ2v) is 10.5. The summed E-state index contributed by atoms with van der Waals surface area (Å²) in [6, 6.07) is 10.3. The Morgan fingerprint density at radius 2 is 1.71 bits per heavy atom. The summed E-state index contributed by atoms with van der Waals surface area (Å²) in [6.07, 6.45) is 1.03. The molecule has 1 fully saturated rings. The van der Waals surface area contributed by atoms with Crippen molar-refractivity contribution in [3.05, 3.63) is 58.1 Å². The standard InChI is InChI=1S/C24H33N3O3S/c1-17-13-19(3)24(14-18(17)2)31(28,29)25-16-23(27-9-11-30-12-10-27)20-5-6-22-21(15-20)7-8-26(22)4/h5-6,13-15,23,25H,7-12,16H2,1-4H3. The second-order valence-electron chi connectivity index (χ2n) is 8.78. The fraction of sp³-hybridized carbons (Fsp3) is 0.500. The summed E-state index contributed by atoms with van der Waals surface area (Å²) in [7, 11) is -1.49. The van der Waals surface area contributed by atoms with Crippen LogP contribution in [-0.2, 0) is 21.2 Å². The van der Waals surface area contributed by atoms with Crippen molar-refractivity contribution in [1.82, 2.24) is 9.62 Å². The van der Waals surface area contributed by atoms with E-state index in [2.05, 4.69) is 39.8 Å². The molecule has 0 spiro atoms. The highest BCUT2D eigenvalue weighted by atomic mass is 32.2. The predicted octanol–water partition coefficient (Wildman–Crippen LogP) is 2.96. The molecule has 0 bridgehead atoms. The molecule has 0 amide bonds. The maximum Gasteiger partial charge on any atom is 0.240 e. The van der Waals surface area contributed by atoms with Crippen LogP contribution in [0.1, 0.15) is 33.9 Å². The van der Waals surface area contributed by atoms with E-state index in [1.165, 1.54) is 11.3 Å². The third kappa shape index (κ3) is 4.65. The van der Waals surface area contributed by atoms with Gasteiger partial charge in [-0.3, -0.25) is 4.90 Å². The lowest BCUT2D eigenvalue weighted by molar-refractivity contribution is 0.0172. The Balaban J connectivity index is 1.60. The molecule has 2 aromatic rings. The molecule has 2 heterocycles. The summed E-state index contributed by atoms with van der Waals surface area (Å²) in [5, 5.41) is 0. The van der Waals surface area contributed by atoms with Crippen molar-refractivity contribution in [3.8, 4) is 0 Å². The average Bonchev–Trinajstić information content (AvgIpc) is 3.12. The summed E-state index contributed by atoms with van der Waals surface area (Å²) < 4.78 is 34.9. The fourth-order valence-corrected chi connectivity index (χ4v) is 5.98. The Labute approximate surface area is 186 Å². The number of morpholine rings is 1. The molecule has 0 aliphatic carbocycles. The van der Waals surface area contributed by atoms with Gasteiger partial charge in [0.1, 0.15) is 0 Å². The van der Waals surface area contributed by atoms with E-state index >= 15 is 0 Å². The third-order valence-corrected chi connectivity index (χ3v) is 8.22. The number of hydrogen-bond acceptors (Lipinski definition) is 5. The van der Waals surface area contributed by atoms with Gasteiger partial charge in [0.15, 0.2) is 0 Å². The van der Waals surface area contributed by atoms with Crippen molar-refractivity contribution >= 4 is 15.7 Å². The molecule has 31 heavy (non-hydrogen) atoms. The number of rotatable bonds is 6. The first kappa shape index (κ1) is 22.3. The van der Waals surface area contributed by atoms with Crippen LogP contribution in [0.15, 0.2) is 35.2 Å². The Bertz CT molecular complexity index is 1060. The number of aryl methyl sites for hydroxylation is 3. The first-order valence-electron chi connectivity index (χ1n) is 11.0. The molecule has 168 valence electrons. The van der Waals surface area contributed by atoms with Gasteiger partial charge in [0.25, 0.3) is 0 Å². The molecule has 2 aliphatic heterocycles. The first-order valence-corrected chi connectivity index (χ1v) is 12.5. The molecule has 7 heteroatoms. The highest BCUT2D eigenvalue weighted by molar-refractivity contribution is 7.89. The SMILES string of the molecule is Cc1cc(C)c(S(=O)(=O)NCC(c2ccc3c(c2)CCN3C)N2CCOCC2)cc1C. The van der Waals surface area contributed by atoms with E-state index in [0.717, 1.165) is 48.3 Å². The van der Waals surface area contributed by atoms with Crippen LogP contribution < -0.4 is 9.62 Å². The number of ether oxygens (including phenoxy) is 1. The van der Waals surface area contributed by atoms with Crippen molar-refractivity contribution in [3.63, 3.8) is 0 Å². The van der Waals surface area contributed by atoms with E-state index in [1.807, 2.05) is 26.8 Å². The van der Waals surface area contributed by atoms with E-state index in [0.29, 0.717) is 24.7 Å². The number of nitrogens with one attached hydrogen (secondary N) is 1. The maximum absolute atomic E-state index is 13.2. The van der Waals surface area contributed by atoms with Crippen LogP contribution in [0.2, 0.25) is 0 Å². The van der Waals surface area contributed by atoms with Crippen LogP contribution >= 0.6 is 0 Å². The lowest BCUT2D eigenvalue weighted by atomic mass is 10.0. The molecular formula is C24H33N3O3S. The van der Waals surface area contributed by atoms with Gasteiger partial charge in [-0.2, -0.15) is 0 Å². The van der Waals surface area contributed by atoms with Gasteiger partial charge in [-0.15, -0.1) is 0 Å². The van der Waals surface area contributed by atoms with Crippen molar-refractivity contribution in [2.24, 2.45) is 0 Å². The van der Waals surface area contributed by atoms with Crippen LogP contribution in [0.4, 0.5) is 5.69 Å². The zero-order chi connectivity index (χ0) is 22.2. The Morgan fingerprint density at radius 3 is 2.45 bits per heavy atom. The minimum absolute atomic E-state index is 0.0262. The van der Waals surface area contributed by atoms with Crippen LogP contribution in [0, 0.1) is 20.8 Å². The minimum atomic E-state index is -3.61. The van der Waals surface area contributed by atoms with Crippen molar-refractivity contribution in [2.45, 2.75) is 38.1 Å². The average molecular weight is 444 g/mol. The normalized spacial score (nSPS) is 18.3. The molecule has 2 aromatic carbocycles. The zero-order valence-corrected chi connectivity index (χ0v) is 19.8. The van der Waals surface area contributed by atoms with Gasteiger partial charge in [0, 0.05) is 45.0 Å². The van der Waals surface area contributed by atoms with E-state index < -0.39 is 10.0 Å². The maximum atomic E-state index is 13.2. The van der Waals surface area contributed by atoms with Crippen LogP contribution in [0.25, 0.3) is 0 Å². The molecule has 0 radical (unpaired) electrons. The van der Waals surface area contributed by atoms with Crippen LogP contribution in [-0.4, -0.2) is 59.8 Å². The smallest absolute Gasteiger partial charge is 0.240 e. The molecule has 2 aliphatic rings. The molecule has 6 nitrogen and oxygen atoms in total. The first-order chi connectivity index (χ1) is 14.8. The molecule has 1 saturated heterocycles. The summed E-state index contributed by atoms with van der Waals surface area (Å²) in [6.45, 7) is 10.1. The number of hydrogen-bond donors (Lipinski definition) is 1. The number of nitrogens with zero attached hydrogens (tertiary/aromatic N) is 2. The Kier molecular flexibility index (Phi) is 6.40. The zero-order valence-electron chi connectivity index (χ0n) is 18.9. The van der Waals surface area contributed by atoms with Crippen molar-refractivity contribution in [2.75, 3.05) is 51.3 Å². The van der Waals surface area contributed by atoms with Gasteiger partial charge in [-0.05, 0) is 67.1 Å². The summed E-state index contributed by atoms with van der Waals surface area (Å²) in [4.78, 5) is 4.97. The summed E-state index contributed by atoms with van der Waals surface area (Å²) in [5.74, 6) is 0. The molecule has 1 unspecified atom stereocenters. The van der Waals surface area contributed by atoms with Crippen molar-refractivity contribution < 1.29 is 13.2 Å². The lowest BCUT2D eigenvalue weighted by Gasteiger charge is -2.35. The molecule has 0 aromatic heterocycles. The van der Waals surface area contributed by atoms with E-state index in [4.69, 9.17) is 4.74 Å². The van der Waals surface area contributed by atoms with Gasteiger partial charge in [0.2, 0.25) is 10.0 Å². The topological polar surface area (TPSA) is 61.9 Å².